The van der Waals surface area contributed by atoms with Crippen molar-refractivity contribution in [2.24, 2.45) is 11.7 Å². The molecule has 0 aromatic carbocycles. The summed E-state index contributed by atoms with van der Waals surface area (Å²) >= 11 is 0. The quantitative estimate of drug-likeness (QED) is 0.773. The van der Waals surface area contributed by atoms with Crippen molar-refractivity contribution in [3.63, 3.8) is 0 Å². The molecule has 0 aliphatic rings. The second-order valence-electron chi connectivity index (χ2n) is 4.16. The molecule has 0 radical (unpaired) electrons. The summed E-state index contributed by atoms with van der Waals surface area (Å²) in [6.45, 7) is 8.41. The third kappa shape index (κ3) is 2.32. The lowest BCUT2D eigenvalue weighted by Gasteiger charge is -2.11. The summed E-state index contributed by atoms with van der Waals surface area (Å²) < 4.78 is 0. The highest BCUT2D eigenvalue weighted by atomic mass is 15.2. The maximum atomic E-state index is 5.96. The summed E-state index contributed by atoms with van der Waals surface area (Å²) in [5.41, 5.74) is 5.96. The van der Waals surface area contributed by atoms with Gasteiger partial charge in [0.15, 0.2) is 5.82 Å². The van der Waals surface area contributed by atoms with E-state index in [0.717, 1.165) is 18.1 Å². The fourth-order valence-corrected chi connectivity index (χ4v) is 1.16. The minimum atomic E-state index is -0.0414. The van der Waals surface area contributed by atoms with Crippen LogP contribution in [0.25, 0.3) is 0 Å². The summed E-state index contributed by atoms with van der Waals surface area (Å²) in [4.78, 5) is 4.41. The second kappa shape index (κ2) is 4.55. The van der Waals surface area contributed by atoms with E-state index < -0.39 is 0 Å². The van der Waals surface area contributed by atoms with Gasteiger partial charge in [0, 0.05) is 5.92 Å². The van der Waals surface area contributed by atoms with Gasteiger partial charge >= 0.3 is 0 Å². The minimum absolute atomic E-state index is 0.0414. The van der Waals surface area contributed by atoms with Crippen LogP contribution < -0.4 is 5.73 Å². The third-order valence-corrected chi connectivity index (χ3v) is 2.61. The Hall–Kier alpha value is -0.900. The van der Waals surface area contributed by atoms with Gasteiger partial charge in [0.25, 0.3) is 0 Å². The van der Waals surface area contributed by atoms with Gasteiger partial charge in [0.2, 0.25) is 0 Å². The highest BCUT2D eigenvalue weighted by molar-refractivity contribution is 5.00. The molecule has 0 saturated heterocycles. The molecule has 4 nitrogen and oxygen atoms in total. The molecule has 1 rings (SSSR count). The molecule has 0 fully saturated rings. The van der Waals surface area contributed by atoms with E-state index >= 15 is 0 Å². The Morgan fingerprint density at radius 1 is 1.36 bits per heavy atom. The van der Waals surface area contributed by atoms with Crippen LogP contribution in [0, 0.1) is 5.92 Å². The summed E-state index contributed by atoms with van der Waals surface area (Å²) in [6, 6.07) is -0.0414. The van der Waals surface area contributed by atoms with Crippen molar-refractivity contribution in [1.82, 2.24) is 15.2 Å². The summed E-state index contributed by atoms with van der Waals surface area (Å²) in [5, 5.41) is 7.09. The third-order valence-electron chi connectivity index (χ3n) is 2.61. The number of rotatable bonds is 4. The van der Waals surface area contributed by atoms with Crippen molar-refractivity contribution in [1.29, 1.82) is 0 Å². The molecule has 3 N–H and O–H groups in total. The van der Waals surface area contributed by atoms with Gasteiger partial charge in [-0.3, -0.25) is 5.10 Å². The molecule has 1 aromatic rings. The van der Waals surface area contributed by atoms with Crippen LogP contribution in [0.15, 0.2) is 0 Å². The van der Waals surface area contributed by atoms with Crippen molar-refractivity contribution in [2.75, 3.05) is 0 Å². The van der Waals surface area contributed by atoms with Crippen LogP contribution in [0.4, 0.5) is 0 Å². The van der Waals surface area contributed by atoms with Gasteiger partial charge in [-0.25, -0.2) is 4.98 Å². The number of aromatic nitrogens is 3. The van der Waals surface area contributed by atoms with Gasteiger partial charge < -0.3 is 5.73 Å². The molecule has 0 aliphatic heterocycles. The lowest BCUT2D eigenvalue weighted by molar-refractivity contribution is 0.491. The largest absolute Gasteiger partial charge is 0.321 e. The van der Waals surface area contributed by atoms with Gasteiger partial charge in [-0.2, -0.15) is 5.10 Å². The van der Waals surface area contributed by atoms with E-state index in [1.54, 1.807) is 0 Å². The normalized spacial score (nSPS) is 15.9. The van der Waals surface area contributed by atoms with Crippen LogP contribution in [0.5, 0.6) is 0 Å². The maximum absolute atomic E-state index is 5.96. The Labute approximate surface area is 85.3 Å². The second-order valence-corrected chi connectivity index (χ2v) is 4.16. The lowest BCUT2D eigenvalue weighted by Crippen LogP contribution is -2.18. The molecule has 1 aromatic heterocycles. The smallest absolute Gasteiger partial charge is 0.153 e. The van der Waals surface area contributed by atoms with Gasteiger partial charge in [-0.15, -0.1) is 0 Å². The zero-order chi connectivity index (χ0) is 10.7. The maximum Gasteiger partial charge on any atom is 0.153 e. The molecule has 4 heteroatoms. The molecule has 1 heterocycles. The van der Waals surface area contributed by atoms with E-state index in [1.807, 2.05) is 0 Å². The van der Waals surface area contributed by atoms with Gasteiger partial charge in [-0.1, -0.05) is 27.7 Å². The fourth-order valence-electron chi connectivity index (χ4n) is 1.16. The first-order valence-electron chi connectivity index (χ1n) is 5.24. The summed E-state index contributed by atoms with van der Waals surface area (Å²) in [7, 11) is 0. The number of aromatic amines is 1. The Morgan fingerprint density at radius 2 is 2.00 bits per heavy atom. The van der Waals surface area contributed by atoms with E-state index in [0.29, 0.717) is 11.8 Å². The molecule has 0 aliphatic carbocycles. The van der Waals surface area contributed by atoms with Crippen molar-refractivity contribution < 1.29 is 0 Å². The number of hydrogen-bond acceptors (Lipinski definition) is 3. The van der Waals surface area contributed by atoms with Crippen LogP contribution in [0.1, 0.15) is 57.7 Å². The highest BCUT2D eigenvalue weighted by Crippen LogP contribution is 2.18. The fraction of sp³-hybridized carbons (Fsp3) is 0.800. The van der Waals surface area contributed by atoms with Crippen molar-refractivity contribution >= 4 is 0 Å². The van der Waals surface area contributed by atoms with Crippen molar-refractivity contribution in [3.05, 3.63) is 11.6 Å². The zero-order valence-electron chi connectivity index (χ0n) is 9.41. The first kappa shape index (κ1) is 11.2. The van der Waals surface area contributed by atoms with Crippen molar-refractivity contribution in [2.45, 2.75) is 46.1 Å². The van der Waals surface area contributed by atoms with Crippen LogP contribution in [0.2, 0.25) is 0 Å². The lowest BCUT2D eigenvalue weighted by atomic mass is 10.1. The van der Waals surface area contributed by atoms with E-state index in [-0.39, 0.29) is 6.04 Å². The number of nitrogens with two attached hydrogens (primary N) is 1. The molecule has 2 unspecified atom stereocenters. The average molecular weight is 196 g/mol. The molecular formula is C10H20N4. The highest BCUT2D eigenvalue weighted by Gasteiger charge is 2.16. The monoisotopic (exact) mass is 196 g/mol. The van der Waals surface area contributed by atoms with E-state index in [9.17, 15) is 0 Å². The van der Waals surface area contributed by atoms with Crippen LogP contribution in [-0.2, 0) is 0 Å². The van der Waals surface area contributed by atoms with Gasteiger partial charge in [0.1, 0.15) is 5.82 Å². The number of nitrogens with zero attached hydrogens (tertiary/aromatic N) is 2. The predicted molar refractivity (Wildman–Crippen MR) is 56.9 cm³/mol. The number of H-pyrrole nitrogens is 1. The summed E-state index contributed by atoms with van der Waals surface area (Å²) in [6.07, 6.45) is 1.05. The first-order chi connectivity index (χ1) is 6.56. The number of nitrogens with one attached hydrogen (secondary N) is 1. The zero-order valence-corrected chi connectivity index (χ0v) is 9.41. The van der Waals surface area contributed by atoms with E-state index in [2.05, 4.69) is 42.9 Å². The Kier molecular flexibility index (Phi) is 3.63. The summed E-state index contributed by atoms with van der Waals surface area (Å²) in [5.74, 6) is 2.46. The molecular weight excluding hydrogens is 176 g/mol. The Balaban J connectivity index is 2.77. The van der Waals surface area contributed by atoms with E-state index in [1.165, 1.54) is 0 Å². The first-order valence-corrected chi connectivity index (χ1v) is 5.24. The molecule has 0 spiro atoms. The number of hydrogen-bond donors (Lipinski definition) is 2. The van der Waals surface area contributed by atoms with Crippen LogP contribution in [0.3, 0.4) is 0 Å². The van der Waals surface area contributed by atoms with E-state index in [4.69, 9.17) is 5.73 Å². The molecule has 14 heavy (non-hydrogen) atoms. The molecule has 2 atom stereocenters. The van der Waals surface area contributed by atoms with Gasteiger partial charge in [0.05, 0.1) is 6.04 Å². The SMILES string of the molecule is CCC(C)c1n[nH]c(C(N)C(C)C)n1. The van der Waals surface area contributed by atoms with Crippen molar-refractivity contribution in [3.8, 4) is 0 Å². The predicted octanol–water partition coefficient (Wildman–Crippen LogP) is 1.97. The van der Waals surface area contributed by atoms with Crippen LogP contribution in [-0.4, -0.2) is 15.2 Å². The Bertz CT molecular complexity index is 279. The Morgan fingerprint density at radius 3 is 2.50 bits per heavy atom. The molecule has 0 bridgehead atoms. The standard InChI is InChI=1S/C10H20N4/c1-5-7(4)9-12-10(14-13-9)8(11)6(2)3/h6-8H,5,11H2,1-4H3,(H,12,13,14). The molecule has 0 amide bonds. The van der Waals surface area contributed by atoms with Gasteiger partial charge in [-0.05, 0) is 12.3 Å². The molecule has 80 valence electrons. The molecule has 0 saturated carbocycles. The topological polar surface area (TPSA) is 67.6 Å². The minimum Gasteiger partial charge on any atom is -0.321 e. The average Bonchev–Trinajstić information content (AvgIpc) is 2.64. The van der Waals surface area contributed by atoms with Crippen LogP contribution >= 0.6 is 0 Å².